The Bertz CT molecular complexity index is 2660. The quantitative estimate of drug-likeness (QED) is 0.156. The Morgan fingerprint density at radius 2 is 0.987 bits per heavy atom. The van der Waals surface area contributed by atoms with E-state index in [1.54, 1.807) is 57.0 Å². The summed E-state index contributed by atoms with van der Waals surface area (Å²) in [5.74, 6) is 7.11. The van der Waals surface area contributed by atoms with Crippen molar-refractivity contribution in [3.8, 4) is 0 Å². The second-order valence-corrected chi connectivity index (χ2v) is 31.9. The number of nitrogens with one attached hydrogen (secondary N) is 2. The fourth-order valence-electron chi connectivity index (χ4n) is 8.39. The van der Waals surface area contributed by atoms with Crippen molar-refractivity contribution in [2.24, 2.45) is 8.73 Å². The predicted octanol–water partition coefficient (Wildman–Crippen LogP) is 7.25. The molecule has 0 saturated carbocycles. The van der Waals surface area contributed by atoms with Crippen LogP contribution in [0.4, 0.5) is 0 Å². The van der Waals surface area contributed by atoms with Gasteiger partial charge in [0, 0.05) is 280 Å². The van der Waals surface area contributed by atoms with Gasteiger partial charge in [0.25, 0.3) is 0 Å². The van der Waals surface area contributed by atoms with E-state index in [2.05, 4.69) is 53.4 Å². The molecule has 0 aliphatic carbocycles. The van der Waals surface area contributed by atoms with E-state index in [-0.39, 0.29) is 148 Å². The molecule has 10 rings (SSSR count). The maximum atomic E-state index is 12.3. The Hall–Kier alpha value is 1.08. The third kappa shape index (κ3) is 30.8. The van der Waals surface area contributed by atoms with Gasteiger partial charge in [0.05, 0.1) is 0 Å². The molecule has 6 atom stereocenters. The van der Waals surface area contributed by atoms with Crippen LogP contribution in [0.3, 0.4) is 0 Å². The number of hydrogen-bond acceptors (Lipinski definition) is 15. The molecule has 3 N–H and O–H groups in total. The Balaban J connectivity index is 0.000000864. The minimum atomic E-state index is -2.32. The molecule has 0 bridgehead atoms. The van der Waals surface area contributed by atoms with Gasteiger partial charge in [-0.15, -0.1) is 22.3 Å². The van der Waals surface area contributed by atoms with E-state index < -0.39 is 60.5 Å². The van der Waals surface area contributed by atoms with E-state index in [4.69, 9.17) is 14.7 Å². The van der Waals surface area contributed by atoms with Crippen molar-refractivity contribution in [2.45, 2.75) is 119 Å². The summed E-state index contributed by atoms with van der Waals surface area (Å²) in [7, 11) is -5.66. The molecule has 4 aromatic rings. The van der Waals surface area contributed by atoms with Crippen LogP contribution < -0.4 is 0 Å². The van der Waals surface area contributed by atoms with Crippen LogP contribution >= 0.6 is 0 Å². The average molecular weight is 1450 g/mol. The van der Waals surface area contributed by atoms with Crippen LogP contribution in [0.25, 0.3) is 0 Å². The minimum Gasteiger partial charge on any atom is -0.394 e. The van der Waals surface area contributed by atoms with Crippen LogP contribution in [0.5, 0.6) is 0 Å². The maximum absolute atomic E-state index is 12.3. The van der Waals surface area contributed by atoms with E-state index in [9.17, 15) is 25.3 Å². The van der Waals surface area contributed by atoms with Gasteiger partial charge in [-0.1, -0.05) is 49.6 Å². The molecule has 408 valence electrons. The van der Waals surface area contributed by atoms with Gasteiger partial charge in [0.15, 0.2) is 0 Å². The zero-order valence-corrected chi connectivity index (χ0v) is 59.9. The molecule has 0 spiro atoms. The van der Waals surface area contributed by atoms with Crippen molar-refractivity contribution in [1.29, 1.82) is 9.56 Å². The van der Waals surface area contributed by atoms with E-state index in [0.717, 1.165) is 135 Å². The zero-order chi connectivity index (χ0) is 51.4. The van der Waals surface area contributed by atoms with Crippen LogP contribution in [0.15, 0.2) is 82.0 Å². The van der Waals surface area contributed by atoms with Crippen molar-refractivity contribution in [2.75, 3.05) is 65.9 Å². The second-order valence-electron chi connectivity index (χ2n) is 17.9. The van der Waals surface area contributed by atoms with Crippen molar-refractivity contribution in [3.63, 3.8) is 0 Å². The first-order chi connectivity index (χ1) is 34.1. The summed E-state index contributed by atoms with van der Waals surface area (Å²) < 4.78 is 90.4. The summed E-state index contributed by atoms with van der Waals surface area (Å²) in [5, 5.41) is 9.10. The molecule has 6 aliphatic heterocycles. The summed E-state index contributed by atoms with van der Waals surface area (Å²) >= 11 is 0. The maximum Gasteiger partial charge on any atom is 0.0496 e. The molecule has 6 unspecified atom stereocenters. The van der Waals surface area contributed by atoms with Crippen LogP contribution in [0.1, 0.15) is 99.3 Å². The normalized spacial score (nSPS) is 25.2. The molecular formula is C50H74N8O7S6Y4-4. The first-order valence-corrected chi connectivity index (χ1v) is 34.5. The first kappa shape index (κ1) is 76.1. The average Bonchev–Trinajstić information content (AvgIpc) is 4.29. The van der Waals surface area contributed by atoms with Gasteiger partial charge in [-0.05, 0) is 96.3 Å². The first-order valence-electron chi connectivity index (χ1n) is 24.4. The summed E-state index contributed by atoms with van der Waals surface area (Å²) in [6.45, 7) is 0.0572. The van der Waals surface area contributed by atoms with Crippen LogP contribution in [0, 0.1) is 34.3 Å². The molecule has 4 aromatic heterocycles. The molecular weight excluding hydrogens is 1370 g/mol. The summed E-state index contributed by atoms with van der Waals surface area (Å²) in [6, 6.07) is 14.7. The van der Waals surface area contributed by atoms with Gasteiger partial charge in [0.2, 0.25) is 0 Å². The molecule has 6 saturated heterocycles. The zero-order valence-electron chi connectivity index (χ0n) is 43.7. The molecule has 75 heavy (non-hydrogen) atoms. The summed E-state index contributed by atoms with van der Waals surface area (Å²) in [6.07, 6.45) is 32.9. The Labute approximate surface area is 556 Å². The van der Waals surface area contributed by atoms with Crippen molar-refractivity contribution in [3.05, 3.63) is 120 Å². The van der Waals surface area contributed by atoms with Crippen LogP contribution in [0.2, 0.25) is 0 Å². The number of aliphatic hydroxyl groups excluding tert-OH is 1. The van der Waals surface area contributed by atoms with Crippen molar-refractivity contribution < 1.29 is 161 Å². The fraction of sp³-hybridized carbons (Fsp3) is 0.600. The molecule has 0 amide bonds. The van der Waals surface area contributed by atoms with E-state index >= 15 is 0 Å². The number of pyridine rings is 4. The third-order valence-corrected chi connectivity index (χ3v) is 25.6. The van der Waals surface area contributed by atoms with Crippen LogP contribution in [-0.2, 0) is 217 Å². The van der Waals surface area contributed by atoms with E-state index in [1.165, 1.54) is 18.4 Å². The molecule has 0 aromatic carbocycles. The second kappa shape index (κ2) is 42.0. The Morgan fingerprint density at radius 1 is 0.547 bits per heavy atom. The third-order valence-electron chi connectivity index (χ3n) is 12.5. The predicted molar refractivity (Wildman–Crippen MR) is 291 cm³/mol. The van der Waals surface area contributed by atoms with E-state index in [1.807, 2.05) is 30.5 Å². The number of aliphatic hydroxyl groups is 1. The fourth-order valence-corrected chi connectivity index (χ4v) is 19.0. The van der Waals surface area contributed by atoms with E-state index in [0.29, 0.717) is 22.5 Å². The molecule has 15 nitrogen and oxygen atoms in total. The molecule has 6 fully saturated rings. The van der Waals surface area contributed by atoms with Gasteiger partial charge in [-0.2, -0.15) is 48.5 Å². The topological polar surface area (TPSA) is 247 Å². The van der Waals surface area contributed by atoms with Gasteiger partial charge >= 0.3 is 0 Å². The Kier molecular flexibility index (Phi) is 42.6. The summed E-state index contributed by atoms with van der Waals surface area (Å²) in [4.78, 5) is 15.4. The van der Waals surface area contributed by atoms with Crippen LogP contribution in [-0.4, -0.2) is 132 Å². The number of aromatic nitrogens is 4. The van der Waals surface area contributed by atoms with Gasteiger partial charge in [0.1, 0.15) is 0 Å². The number of nitrogens with zero attached hydrogens (tertiary/aromatic N) is 6. The van der Waals surface area contributed by atoms with Crippen molar-refractivity contribution >= 4 is 60.5 Å². The number of rotatable bonds is 7. The van der Waals surface area contributed by atoms with Crippen molar-refractivity contribution in [1.82, 2.24) is 19.9 Å². The number of hydrogen-bond donors (Lipinski definition) is 3. The van der Waals surface area contributed by atoms with Gasteiger partial charge < -0.3 is 25.0 Å². The smallest absolute Gasteiger partial charge is 0.0496 e. The Morgan fingerprint density at radius 3 is 1.31 bits per heavy atom. The molecule has 10 heterocycles. The van der Waals surface area contributed by atoms with Gasteiger partial charge in [-0.25, -0.2) is 25.6 Å². The standard InChI is InChI=1S/C11H15N2OS.C10H13N2OS.C10H12NOS.C6H6NO.C5H11NOS.C4H9NOS.C4H8OS.4Y/c1-12-15(14)7-3-5-11(15)8-10-4-2-6-13-9-10;11-14(13)6-2-4-10(14)7-9-3-1-5-12-8-9;12-13-6-2-4-10(13)7-9-3-1-5-11-8-9;8-5-6-2-1-3-7-4-6;1-6-8(7)4-2-3-5-8;5-7(6)3-1-2-4-7;5-6-3-1-2-4-6;;;;/h2,4,9,11H,3,5,7-8H2,1H3;1,3,8,10-11H,2,4,6-7H2;1,3,8,10H,2,4,6-7H2;1-2,4,8H,5H2;2-5H2,1H3;5H,1-4H2;1-4H2;;;;/q4*-1;;;;;;;. The molecule has 4 radical (unpaired) electrons. The largest absolute Gasteiger partial charge is 0.394 e. The monoisotopic (exact) mass is 1450 g/mol. The summed E-state index contributed by atoms with van der Waals surface area (Å²) in [5.41, 5.74) is 4.20. The molecule has 25 heteroatoms. The SMILES string of the molecule is CN=S1(=O)CCCC1.CN=S1(=O)CCCC1Cc1cc[c-]nc1.N=S1(=O)CCCC1.N=S1(=O)CCCC1Cc1cc[c-]nc1.O=S1CCCC1.O=S1CCCC1Cc1cc[c-]nc1.OCc1cc[c-]nc1.[Y].[Y].[Y].[Y]. The molecule has 6 aliphatic rings. The van der Waals surface area contributed by atoms with Gasteiger partial charge in [-0.3, -0.25) is 18.0 Å². The minimum absolute atomic E-state index is 0.